The monoisotopic (exact) mass is 326 g/mol. The molecule has 0 bridgehead atoms. The molecule has 0 aromatic carbocycles. The Bertz CT molecular complexity index is 427. The van der Waals surface area contributed by atoms with Gasteiger partial charge in [0.25, 0.3) is 6.23 Å². The van der Waals surface area contributed by atoms with Crippen LogP contribution in [-0.4, -0.2) is 52.8 Å². The maximum Gasteiger partial charge on any atom is 0.333 e. The van der Waals surface area contributed by atoms with Crippen LogP contribution in [0.3, 0.4) is 0 Å². The minimum Gasteiger partial charge on any atom is -0.346 e. The van der Waals surface area contributed by atoms with E-state index in [1.807, 2.05) is 13.8 Å². The lowest BCUT2D eigenvalue weighted by atomic mass is 9.95. The molecule has 1 aliphatic carbocycles. The standard InChI is InChI=1S/C17H31N3O3/c1-12(2)14(18)16(22)20(10-6-7-11-20)17(23)15(21)19-13-8-4-3-5-9-13/h12-14,17,23H,3-11,18H2,1-2H3/p+1. The number of nitrogens with one attached hydrogen (secondary N) is 1. The van der Waals surface area contributed by atoms with Gasteiger partial charge in [-0.05, 0) is 18.8 Å². The number of hydrogen-bond donors (Lipinski definition) is 3. The van der Waals surface area contributed by atoms with Gasteiger partial charge in [0.2, 0.25) is 0 Å². The third-order valence-corrected chi connectivity index (χ3v) is 5.46. The molecule has 2 unspecified atom stereocenters. The minimum atomic E-state index is -1.34. The first-order valence-electron chi connectivity index (χ1n) is 9.03. The van der Waals surface area contributed by atoms with Crippen LogP contribution >= 0.6 is 0 Å². The summed E-state index contributed by atoms with van der Waals surface area (Å²) < 4.78 is -0.197. The van der Waals surface area contributed by atoms with Crippen molar-refractivity contribution in [1.29, 1.82) is 0 Å². The van der Waals surface area contributed by atoms with Crippen molar-refractivity contribution in [2.75, 3.05) is 13.1 Å². The van der Waals surface area contributed by atoms with E-state index in [-0.39, 0.29) is 22.3 Å². The molecule has 2 fully saturated rings. The van der Waals surface area contributed by atoms with Crippen LogP contribution in [0.4, 0.5) is 0 Å². The van der Waals surface area contributed by atoms with E-state index in [1.165, 1.54) is 6.42 Å². The van der Waals surface area contributed by atoms with Crippen molar-refractivity contribution in [2.24, 2.45) is 11.7 Å². The van der Waals surface area contributed by atoms with E-state index in [0.29, 0.717) is 13.1 Å². The Morgan fingerprint density at radius 3 is 2.17 bits per heavy atom. The van der Waals surface area contributed by atoms with Gasteiger partial charge in [-0.25, -0.2) is 9.28 Å². The normalized spacial score (nSPS) is 24.4. The number of rotatable bonds is 5. The molecule has 1 saturated carbocycles. The number of carbonyl (C=O) groups excluding carboxylic acids is 2. The highest BCUT2D eigenvalue weighted by Crippen LogP contribution is 2.26. The van der Waals surface area contributed by atoms with Crippen LogP contribution < -0.4 is 11.1 Å². The van der Waals surface area contributed by atoms with Gasteiger partial charge in [0, 0.05) is 18.9 Å². The second kappa shape index (κ2) is 7.73. The van der Waals surface area contributed by atoms with E-state index in [2.05, 4.69) is 5.32 Å². The molecule has 2 aliphatic rings. The molecule has 2 rings (SSSR count). The number of nitrogens with two attached hydrogens (primary N) is 1. The number of likely N-dealkylation sites (tertiary alicyclic amines) is 1. The van der Waals surface area contributed by atoms with Gasteiger partial charge in [-0.1, -0.05) is 33.1 Å². The SMILES string of the molecule is CC(C)C(N)C(=O)[N+]1(C(O)C(=O)NC2CCCCC2)CCCC1. The third kappa shape index (κ3) is 3.92. The summed E-state index contributed by atoms with van der Waals surface area (Å²) in [5, 5.41) is 13.6. The minimum absolute atomic E-state index is 0.00768. The second-order valence-electron chi connectivity index (χ2n) is 7.51. The number of quaternary nitrogens is 1. The summed E-state index contributed by atoms with van der Waals surface area (Å²) in [4.78, 5) is 25.4. The predicted molar refractivity (Wildman–Crippen MR) is 88.1 cm³/mol. The van der Waals surface area contributed by atoms with E-state index in [1.54, 1.807) is 0 Å². The molecule has 1 heterocycles. The van der Waals surface area contributed by atoms with Crippen molar-refractivity contribution >= 4 is 11.8 Å². The van der Waals surface area contributed by atoms with E-state index in [0.717, 1.165) is 38.5 Å². The molecule has 23 heavy (non-hydrogen) atoms. The van der Waals surface area contributed by atoms with Gasteiger partial charge in [0.15, 0.2) is 0 Å². The fraction of sp³-hybridized carbons (Fsp3) is 0.882. The van der Waals surface area contributed by atoms with Gasteiger partial charge in [0.1, 0.15) is 6.04 Å². The highest BCUT2D eigenvalue weighted by molar-refractivity contribution is 5.83. The molecule has 132 valence electrons. The first-order chi connectivity index (χ1) is 10.9. The Kier molecular flexibility index (Phi) is 6.17. The maximum atomic E-state index is 12.9. The molecule has 0 aromatic rings. The first-order valence-corrected chi connectivity index (χ1v) is 9.03. The Balaban J connectivity index is 2.09. The summed E-state index contributed by atoms with van der Waals surface area (Å²) in [6, 6.07) is -0.521. The molecule has 6 heteroatoms. The van der Waals surface area contributed by atoms with Gasteiger partial charge in [0.05, 0.1) is 13.1 Å². The smallest absolute Gasteiger partial charge is 0.333 e. The zero-order valence-corrected chi connectivity index (χ0v) is 14.5. The van der Waals surface area contributed by atoms with Crippen molar-refractivity contribution in [1.82, 2.24) is 5.32 Å². The third-order valence-electron chi connectivity index (χ3n) is 5.46. The fourth-order valence-electron chi connectivity index (χ4n) is 3.81. The predicted octanol–water partition coefficient (Wildman–Crippen LogP) is 0.874. The molecule has 1 aliphatic heterocycles. The number of nitrogens with zero attached hydrogens (tertiary/aromatic N) is 1. The summed E-state index contributed by atoms with van der Waals surface area (Å²) >= 11 is 0. The highest BCUT2D eigenvalue weighted by Gasteiger charge is 2.51. The van der Waals surface area contributed by atoms with E-state index in [9.17, 15) is 14.7 Å². The number of aliphatic hydroxyl groups excluding tert-OH is 1. The Hall–Kier alpha value is -0.980. The topological polar surface area (TPSA) is 92.4 Å². The molecule has 6 nitrogen and oxygen atoms in total. The summed E-state index contributed by atoms with van der Waals surface area (Å²) in [6.45, 7) is 4.78. The van der Waals surface area contributed by atoms with E-state index >= 15 is 0 Å². The molecule has 0 radical (unpaired) electrons. The molecular formula is C17H32N3O3+. The maximum absolute atomic E-state index is 12.9. The van der Waals surface area contributed by atoms with Crippen LogP contribution in [0.15, 0.2) is 0 Å². The van der Waals surface area contributed by atoms with Gasteiger partial charge in [-0.3, -0.25) is 4.79 Å². The molecule has 0 aromatic heterocycles. The quantitative estimate of drug-likeness (QED) is 0.654. The lowest BCUT2D eigenvalue weighted by molar-refractivity contribution is -0.881. The summed E-state index contributed by atoms with van der Waals surface area (Å²) in [6.07, 6.45) is 5.68. The summed E-state index contributed by atoms with van der Waals surface area (Å²) in [5.41, 5.74) is 6.04. The number of amides is 2. The van der Waals surface area contributed by atoms with Crippen LogP contribution in [0.5, 0.6) is 0 Å². The lowest BCUT2D eigenvalue weighted by Gasteiger charge is -2.37. The summed E-state index contributed by atoms with van der Waals surface area (Å²) in [7, 11) is 0. The zero-order chi connectivity index (χ0) is 17.0. The number of hydrogen-bond acceptors (Lipinski definition) is 4. The van der Waals surface area contributed by atoms with E-state index in [4.69, 9.17) is 5.73 Å². The molecule has 0 spiro atoms. The van der Waals surface area contributed by atoms with Gasteiger partial charge in [-0.2, -0.15) is 0 Å². The Morgan fingerprint density at radius 2 is 1.65 bits per heavy atom. The number of aliphatic hydroxyl groups is 1. The van der Waals surface area contributed by atoms with Crippen molar-refractivity contribution in [3.63, 3.8) is 0 Å². The van der Waals surface area contributed by atoms with Gasteiger partial charge in [-0.15, -0.1) is 0 Å². The Labute approximate surface area is 139 Å². The van der Waals surface area contributed by atoms with Crippen molar-refractivity contribution in [2.45, 2.75) is 77.1 Å². The lowest BCUT2D eigenvalue weighted by Crippen LogP contribution is -2.67. The molecule has 2 atom stereocenters. The zero-order valence-electron chi connectivity index (χ0n) is 14.5. The highest BCUT2D eigenvalue weighted by atomic mass is 16.3. The van der Waals surface area contributed by atoms with Crippen molar-refractivity contribution in [3.8, 4) is 0 Å². The van der Waals surface area contributed by atoms with Gasteiger partial charge < -0.3 is 16.2 Å². The number of carbonyl (C=O) groups is 2. The largest absolute Gasteiger partial charge is 0.346 e. The van der Waals surface area contributed by atoms with Crippen LogP contribution in [0.2, 0.25) is 0 Å². The molecular weight excluding hydrogens is 294 g/mol. The average Bonchev–Trinajstić information content (AvgIpc) is 3.04. The van der Waals surface area contributed by atoms with Crippen molar-refractivity contribution in [3.05, 3.63) is 0 Å². The second-order valence-corrected chi connectivity index (χ2v) is 7.51. The van der Waals surface area contributed by atoms with E-state index < -0.39 is 18.2 Å². The Morgan fingerprint density at radius 1 is 1.09 bits per heavy atom. The van der Waals surface area contributed by atoms with Crippen LogP contribution in [0.1, 0.15) is 58.8 Å². The summed E-state index contributed by atoms with van der Waals surface area (Å²) in [5.74, 6) is -0.626. The molecule has 2 amide bonds. The van der Waals surface area contributed by atoms with Crippen LogP contribution in [0, 0.1) is 5.92 Å². The fourth-order valence-corrected chi connectivity index (χ4v) is 3.81. The molecule has 1 saturated heterocycles. The molecule has 4 N–H and O–H groups in total. The van der Waals surface area contributed by atoms with Crippen LogP contribution in [-0.2, 0) is 9.59 Å². The first kappa shape index (κ1) is 18.4. The van der Waals surface area contributed by atoms with Gasteiger partial charge >= 0.3 is 11.8 Å². The average molecular weight is 326 g/mol. The van der Waals surface area contributed by atoms with Crippen molar-refractivity contribution < 1.29 is 19.2 Å². The van der Waals surface area contributed by atoms with Crippen LogP contribution in [0.25, 0.3) is 0 Å².